The van der Waals surface area contributed by atoms with Crippen LogP contribution in [0.4, 0.5) is 4.39 Å². The van der Waals surface area contributed by atoms with Crippen molar-refractivity contribution >= 4 is 17.5 Å². The maximum atomic E-state index is 13.6. The maximum absolute atomic E-state index is 13.6. The van der Waals surface area contributed by atoms with E-state index in [0.717, 1.165) is 6.42 Å². The summed E-state index contributed by atoms with van der Waals surface area (Å²) in [7, 11) is 0. The fraction of sp³-hybridized carbons (Fsp3) is 0.462. The molecule has 0 spiro atoms. The third-order valence-corrected chi connectivity index (χ3v) is 3.36. The number of hydrogen-bond donors (Lipinski definition) is 0. The van der Waals surface area contributed by atoms with Crippen molar-refractivity contribution in [3.63, 3.8) is 0 Å². The molecule has 2 rings (SSSR count). The van der Waals surface area contributed by atoms with Crippen LogP contribution in [0.3, 0.4) is 0 Å². The zero-order valence-electron chi connectivity index (χ0n) is 9.96. The molecule has 0 unspecified atom stereocenters. The van der Waals surface area contributed by atoms with Gasteiger partial charge in [-0.1, -0.05) is 25.4 Å². The molecule has 1 aliphatic heterocycles. The van der Waals surface area contributed by atoms with Crippen LogP contribution in [0.15, 0.2) is 18.2 Å². The van der Waals surface area contributed by atoms with Crippen LogP contribution in [-0.2, 0) is 0 Å². The highest BCUT2D eigenvalue weighted by molar-refractivity contribution is 6.31. The number of rotatable bonds is 1. The number of halogens is 2. The van der Waals surface area contributed by atoms with Crippen molar-refractivity contribution in [2.24, 2.45) is 5.41 Å². The zero-order chi connectivity index (χ0) is 12.6. The van der Waals surface area contributed by atoms with Gasteiger partial charge in [0.25, 0.3) is 5.91 Å². The highest BCUT2D eigenvalue weighted by Crippen LogP contribution is 2.30. The minimum atomic E-state index is -0.510. The second kappa shape index (κ2) is 4.30. The molecule has 0 atom stereocenters. The summed E-state index contributed by atoms with van der Waals surface area (Å²) in [4.78, 5) is 13.8. The quantitative estimate of drug-likeness (QED) is 0.754. The second-order valence-corrected chi connectivity index (χ2v) is 5.70. The average molecular weight is 256 g/mol. The highest BCUT2D eigenvalue weighted by atomic mass is 35.5. The van der Waals surface area contributed by atoms with E-state index in [2.05, 4.69) is 13.8 Å². The van der Waals surface area contributed by atoms with Gasteiger partial charge in [0.15, 0.2) is 0 Å². The normalized spacial score (nSPS) is 18.5. The predicted molar refractivity (Wildman–Crippen MR) is 65.7 cm³/mol. The van der Waals surface area contributed by atoms with E-state index in [-0.39, 0.29) is 16.9 Å². The van der Waals surface area contributed by atoms with E-state index in [1.165, 1.54) is 18.2 Å². The smallest absolute Gasteiger partial charge is 0.256 e. The molecule has 1 aromatic rings. The number of nitrogens with zero attached hydrogens (tertiary/aromatic N) is 1. The summed E-state index contributed by atoms with van der Waals surface area (Å²) in [6.07, 6.45) is 0.945. The molecule has 0 N–H and O–H groups in total. The molecule has 1 aromatic carbocycles. The molecule has 1 heterocycles. The number of carbonyl (C=O) groups is 1. The van der Waals surface area contributed by atoms with Gasteiger partial charge in [0.1, 0.15) is 5.82 Å². The molecule has 92 valence electrons. The predicted octanol–water partition coefficient (Wildman–Crippen LogP) is 3.35. The monoisotopic (exact) mass is 255 g/mol. The van der Waals surface area contributed by atoms with Crippen LogP contribution in [0.5, 0.6) is 0 Å². The Morgan fingerprint density at radius 3 is 2.76 bits per heavy atom. The van der Waals surface area contributed by atoms with E-state index >= 15 is 0 Å². The first-order chi connectivity index (χ1) is 7.89. The number of carbonyl (C=O) groups excluding carboxylic acids is 1. The van der Waals surface area contributed by atoms with Crippen molar-refractivity contribution in [2.45, 2.75) is 20.3 Å². The molecule has 1 aliphatic rings. The van der Waals surface area contributed by atoms with Crippen LogP contribution in [0.1, 0.15) is 30.6 Å². The zero-order valence-corrected chi connectivity index (χ0v) is 10.7. The fourth-order valence-electron chi connectivity index (χ4n) is 2.12. The molecule has 0 radical (unpaired) electrons. The second-order valence-electron chi connectivity index (χ2n) is 5.27. The Labute approximate surface area is 105 Å². The van der Waals surface area contributed by atoms with E-state index < -0.39 is 5.82 Å². The van der Waals surface area contributed by atoms with Crippen molar-refractivity contribution in [3.05, 3.63) is 34.6 Å². The lowest BCUT2D eigenvalue weighted by atomic mass is 9.93. The molecule has 0 bridgehead atoms. The van der Waals surface area contributed by atoms with E-state index in [9.17, 15) is 9.18 Å². The van der Waals surface area contributed by atoms with Crippen molar-refractivity contribution in [1.82, 2.24) is 4.90 Å². The van der Waals surface area contributed by atoms with Crippen LogP contribution in [0.25, 0.3) is 0 Å². The van der Waals surface area contributed by atoms with Gasteiger partial charge in [-0.2, -0.15) is 0 Å². The fourth-order valence-corrected chi connectivity index (χ4v) is 2.29. The summed E-state index contributed by atoms with van der Waals surface area (Å²) in [6.45, 7) is 5.55. The van der Waals surface area contributed by atoms with E-state index in [4.69, 9.17) is 11.6 Å². The lowest BCUT2D eigenvalue weighted by Gasteiger charge is -2.20. The van der Waals surface area contributed by atoms with Crippen LogP contribution < -0.4 is 0 Å². The van der Waals surface area contributed by atoms with Gasteiger partial charge < -0.3 is 4.90 Å². The van der Waals surface area contributed by atoms with E-state index in [1.54, 1.807) is 4.90 Å². The topological polar surface area (TPSA) is 20.3 Å². The minimum absolute atomic E-state index is 0.0650. The molecule has 1 amide bonds. The third kappa shape index (κ3) is 2.60. The van der Waals surface area contributed by atoms with Gasteiger partial charge in [-0.15, -0.1) is 0 Å². The lowest BCUT2D eigenvalue weighted by molar-refractivity contribution is 0.0773. The number of benzene rings is 1. The van der Waals surface area contributed by atoms with Crippen molar-refractivity contribution < 1.29 is 9.18 Å². The number of likely N-dealkylation sites (tertiary alicyclic amines) is 1. The molecular weight excluding hydrogens is 241 g/mol. The van der Waals surface area contributed by atoms with Crippen molar-refractivity contribution in [1.29, 1.82) is 0 Å². The molecule has 1 fully saturated rings. The van der Waals surface area contributed by atoms with Gasteiger partial charge in [-0.25, -0.2) is 4.39 Å². The van der Waals surface area contributed by atoms with E-state index in [1.807, 2.05) is 0 Å². The Hall–Kier alpha value is -1.09. The van der Waals surface area contributed by atoms with Crippen LogP contribution in [0, 0.1) is 11.2 Å². The maximum Gasteiger partial charge on any atom is 0.256 e. The largest absolute Gasteiger partial charge is 0.338 e. The summed E-state index contributed by atoms with van der Waals surface area (Å²) >= 11 is 5.79. The van der Waals surface area contributed by atoms with Gasteiger partial charge in [0.05, 0.1) is 5.56 Å². The Morgan fingerprint density at radius 1 is 1.47 bits per heavy atom. The molecule has 0 saturated carbocycles. The Balaban J connectivity index is 2.23. The molecule has 0 aliphatic carbocycles. The highest BCUT2D eigenvalue weighted by Gasteiger charge is 2.33. The molecule has 0 aromatic heterocycles. The van der Waals surface area contributed by atoms with Gasteiger partial charge in [0, 0.05) is 18.1 Å². The van der Waals surface area contributed by atoms with Gasteiger partial charge >= 0.3 is 0 Å². The summed E-state index contributed by atoms with van der Waals surface area (Å²) in [5.74, 6) is -0.778. The third-order valence-electron chi connectivity index (χ3n) is 3.12. The molecule has 17 heavy (non-hydrogen) atoms. The van der Waals surface area contributed by atoms with Gasteiger partial charge in [0.2, 0.25) is 0 Å². The molecular formula is C13H15ClFNO. The lowest BCUT2D eigenvalue weighted by Crippen LogP contribution is -2.30. The SMILES string of the molecule is CC1(C)CCN(C(=O)c2cc(Cl)ccc2F)C1. The molecule has 1 saturated heterocycles. The van der Waals surface area contributed by atoms with Gasteiger partial charge in [-0.05, 0) is 30.0 Å². The first-order valence-corrected chi connectivity index (χ1v) is 6.01. The Bertz CT molecular complexity index is 459. The van der Waals surface area contributed by atoms with Crippen molar-refractivity contribution in [3.8, 4) is 0 Å². The van der Waals surface area contributed by atoms with Crippen molar-refractivity contribution in [2.75, 3.05) is 13.1 Å². The van der Waals surface area contributed by atoms with Gasteiger partial charge in [-0.3, -0.25) is 4.79 Å². The average Bonchev–Trinajstić information content (AvgIpc) is 2.61. The molecule has 4 heteroatoms. The number of hydrogen-bond acceptors (Lipinski definition) is 1. The summed E-state index contributed by atoms with van der Waals surface area (Å²) in [5, 5.41) is 0.383. The summed E-state index contributed by atoms with van der Waals surface area (Å²) < 4.78 is 13.6. The molecule has 2 nitrogen and oxygen atoms in total. The minimum Gasteiger partial charge on any atom is -0.338 e. The Kier molecular flexibility index (Phi) is 3.13. The first kappa shape index (κ1) is 12.4. The van der Waals surface area contributed by atoms with E-state index in [0.29, 0.717) is 18.1 Å². The first-order valence-electron chi connectivity index (χ1n) is 5.63. The van der Waals surface area contributed by atoms with Crippen LogP contribution >= 0.6 is 11.6 Å². The summed E-state index contributed by atoms with van der Waals surface area (Å²) in [5.41, 5.74) is 0.181. The van der Waals surface area contributed by atoms with Crippen LogP contribution in [0.2, 0.25) is 5.02 Å². The van der Waals surface area contributed by atoms with Crippen LogP contribution in [-0.4, -0.2) is 23.9 Å². The summed E-state index contributed by atoms with van der Waals surface area (Å²) in [6, 6.07) is 4.07. The Morgan fingerprint density at radius 2 is 2.18 bits per heavy atom. The number of amides is 1. The standard InChI is InChI=1S/C13H15ClFNO/c1-13(2)5-6-16(8-13)12(17)10-7-9(14)3-4-11(10)15/h3-4,7H,5-6,8H2,1-2H3.